The third-order valence-corrected chi connectivity index (χ3v) is 3.79. The van der Waals surface area contributed by atoms with Crippen molar-refractivity contribution < 1.29 is 9.52 Å². The molecule has 0 fully saturated rings. The van der Waals surface area contributed by atoms with Gasteiger partial charge in [0.05, 0.1) is 23.1 Å². The van der Waals surface area contributed by atoms with Gasteiger partial charge in [0.1, 0.15) is 5.82 Å². The molecule has 25 heavy (non-hydrogen) atoms. The van der Waals surface area contributed by atoms with Gasteiger partial charge in [-0.05, 0) is 30.7 Å². The molecule has 0 saturated carbocycles. The zero-order valence-corrected chi connectivity index (χ0v) is 14.0. The van der Waals surface area contributed by atoms with Crippen LogP contribution in [0.1, 0.15) is 5.56 Å². The smallest absolute Gasteiger partial charge is 0.347 e. The Labute approximate surface area is 144 Å². The van der Waals surface area contributed by atoms with E-state index in [9.17, 15) is 4.79 Å². The predicted molar refractivity (Wildman–Crippen MR) is 96.7 cm³/mol. The van der Waals surface area contributed by atoms with Crippen LogP contribution in [0.2, 0.25) is 0 Å². The van der Waals surface area contributed by atoms with Crippen molar-refractivity contribution in [1.29, 1.82) is 0 Å². The molecule has 2 heterocycles. The number of aliphatic hydroxyl groups is 1. The van der Waals surface area contributed by atoms with E-state index in [4.69, 9.17) is 9.52 Å². The van der Waals surface area contributed by atoms with Crippen LogP contribution in [0.5, 0.6) is 0 Å². The third kappa shape index (κ3) is 3.84. The molecule has 7 nitrogen and oxygen atoms in total. The minimum atomic E-state index is -0.405. The SMILES string of the molecule is Cc1cccc2nc(-c3cccnc3NCCNCCO)oc(=O)c12. The molecule has 7 heteroatoms. The van der Waals surface area contributed by atoms with E-state index in [0.29, 0.717) is 41.9 Å². The van der Waals surface area contributed by atoms with Crippen LogP contribution < -0.4 is 16.3 Å². The van der Waals surface area contributed by atoms with Crippen molar-refractivity contribution >= 4 is 16.7 Å². The second kappa shape index (κ2) is 7.87. The summed E-state index contributed by atoms with van der Waals surface area (Å²) in [5.41, 5.74) is 1.66. The number of anilines is 1. The quantitative estimate of drug-likeness (QED) is 0.561. The highest BCUT2D eigenvalue weighted by atomic mass is 16.4. The van der Waals surface area contributed by atoms with E-state index < -0.39 is 5.63 Å². The van der Waals surface area contributed by atoms with Crippen molar-refractivity contribution in [3.63, 3.8) is 0 Å². The molecule has 2 aromatic heterocycles. The number of benzene rings is 1. The summed E-state index contributed by atoms with van der Waals surface area (Å²) in [5.74, 6) is 0.831. The van der Waals surface area contributed by atoms with E-state index in [1.807, 2.05) is 25.1 Å². The van der Waals surface area contributed by atoms with Crippen molar-refractivity contribution in [2.75, 3.05) is 31.6 Å². The lowest BCUT2D eigenvalue weighted by atomic mass is 10.1. The molecule has 0 saturated heterocycles. The van der Waals surface area contributed by atoms with Gasteiger partial charge in [-0.3, -0.25) is 0 Å². The van der Waals surface area contributed by atoms with Gasteiger partial charge in [-0.1, -0.05) is 12.1 Å². The van der Waals surface area contributed by atoms with Gasteiger partial charge in [-0.2, -0.15) is 0 Å². The Morgan fingerprint density at radius 3 is 2.88 bits per heavy atom. The number of aliphatic hydroxyl groups excluding tert-OH is 1. The molecule has 130 valence electrons. The highest BCUT2D eigenvalue weighted by molar-refractivity contribution is 5.82. The van der Waals surface area contributed by atoms with Gasteiger partial charge < -0.3 is 20.2 Å². The van der Waals surface area contributed by atoms with E-state index in [1.165, 1.54) is 0 Å². The number of fused-ring (bicyclic) bond motifs is 1. The molecule has 0 radical (unpaired) electrons. The van der Waals surface area contributed by atoms with Crippen LogP contribution in [0.4, 0.5) is 5.82 Å². The molecule has 0 atom stereocenters. The largest absolute Gasteiger partial charge is 0.403 e. The fraction of sp³-hybridized carbons (Fsp3) is 0.278. The van der Waals surface area contributed by atoms with Crippen molar-refractivity contribution in [2.45, 2.75) is 6.92 Å². The highest BCUT2D eigenvalue weighted by Gasteiger charge is 2.13. The van der Waals surface area contributed by atoms with Crippen LogP contribution in [0.25, 0.3) is 22.4 Å². The number of hydrogen-bond acceptors (Lipinski definition) is 7. The minimum absolute atomic E-state index is 0.0976. The second-order valence-electron chi connectivity index (χ2n) is 5.58. The topological polar surface area (TPSA) is 100 Å². The molecule has 0 spiro atoms. The van der Waals surface area contributed by atoms with E-state index >= 15 is 0 Å². The first-order valence-electron chi connectivity index (χ1n) is 8.12. The molecule has 0 aliphatic heterocycles. The van der Waals surface area contributed by atoms with Gasteiger partial charge in [0, 0.05) is 25.8 Å². The highest BCUT2D eigenvalue weighted by Crippen LogP contribution is 2.25. The van der Waals surface area contributed by atoms with Crippen LogP contribution in [0, 0.1) is 6.92 Å². The van der Waals surface area contributed by atoms with Gasteiger partial charge in [0.25, 0.3) is 0 Å². The van der Waals surface area contributed by atoms with Crippen molar-refractivity contribution in [3.05, 3.63) is 52.5 Å². The van der Waals surface area contributed by atoms with Crippen LogP contribution in [-0.2, 0) is 0 Å². The third-order valence-electron chi connectivity index (χ3n) is 3.79. The second-order valence-corrected chi connectivity index (χ2v) is 5.58. The standard InChI is InChI=1S/C18H20N4O3/c1-12-4-2-6-14-15(12)18(24)25-17(22-14)13-5-3-7-20-16(13)21-9-8-19-10-11-23/h2-7,19,23H,8-11H2,1H3,(H,20,21). The van der Waals surface area contributed by atoms with Crippen LogP contribution in [-0.4, -0.2) is 41.3 Å². The average molecular weight is 340 g/mol. The zero-order valence-electron chi connectivity index (χ0n) is 14.0. The molecule has 0 aliphatic carbocycles. The predicted octanol–water partition coefficient (Wildman–Crippen LogP) is 1.55. The van der Waals surface area contributed by atoms with Crippen molar-refractivity contribution in [1.82, 2.24) is 15.3 Å². The Kier molecular flexibility index (Phi) is 5.37. The molecule has 0 bridgehead atoms. The van der Waals surface area contributed by atoms with Gasteiger partial charge >= 0.3 is 5.63 Å². The van der Waals surface area contributed by atoms with E-state index in [2.05, 4.69) is 20.6 Å². The van der Waals surface area contributed by atoms with Gasteiger partial charge in [0.2, 0.25) is 5.89 Å². The summed E-state index contributed by atoms with van der Waals surface area (Å²) in [4.78, 5) is 21.2. The summed E-state index contributed by atoms with van der Waals surface area (Å²) in [5, 5.41) is 15.5. The monoisotopic (exact) mass is 340 g/mol. The van der Waals surface area contributed by atoms with Gasteiger partial charge in [-0.15, -0.1) is 0 Å². The molecule has 3 rings (SSSR count). The maximum absolute atomic E-state index is 12.4. The number of rotatable bonds is 7. The minimum Gasteiger partial charge on any atom is -0.403 e. The lowest BCUT2D eigenvalue weighted by molar-refractivity contribution is 0.293. The number of nitrogens with zero attached hydrogens (tertiary/aromatic N) is 2. The van der Waals surface area contributed by atoms with Crippen LogP contribution in [0.15, 0.2) is 45.7 Å². The van der Waals surface area contributed by atoms with Gasteiger partial charge in [-0.25, -0.2) is 14.8 Å². The average Bonchev–Trinajstić information content (AvgIpc) is 2.61. The molecular formula is C18H20N4O3. The first kappa shape index (κ1) is 17.1. The lowest BCUT2D eigenvalue weighted by Gasteiger charge is -2.10. The molecule has 3 N–H and O–H groups in total. The Morgan fingerprint density at radius 1 is 1.16 bits per heavy atom. The number of hydrogen-bond donors (Lipinski definition) is 3. The molecule has 3 aromatic rings. The van der Waals surface area contributed by atoms with Crippen molar-refractivity contribution in [2.24, 2.45) is 0 Å². The normalized spacial score (nSPS) is 11.0. The summed E-state index contributed by atoms with van der Waals surface area (Å²) in [6.07, 6.45) is 1.66. The van der Waals surface area contributed by atoms with E-state index in [-0.39, 0.29) is 12.5 Å². The molecular weight excluding hydrogens is 320 g/mol. The number of aryl methyl sites for hydroxylation is 1. The number of aromatic nitrogens is 2. The maximum atomic E-state index is 12.4. The summed E-state index contributed by atoms with van der Waals surface area (Å²) < 4.78 is 5.45. The van der Waals surface area contributed by atoms with Crippen molar-refractivity contribution in [3.8, 4) is 11.5 Å². The zero-order chi connectivity index (χ0) is 17.6. The fourth-order valence-corrected chi connectivity index (χ4v) is 2.59. The summed E-state index contributed by atoms with van der Waals surface area (Å²) in [6, 6.07) is 9.10. The maximum Gasteiger partial charge on any atom is 0.347 e. The van der Waals surface area contributed by atoms with E-state index in [0.717, 1.165) is 5.56 Å². The first-order chi connectivity index (χ1) is 12.2. The Morgan fingerprint density at radius 2 is 2.04 bits per heavy atom. The molecule has 0 unspecified atom stereocenters. The molecule has 0 amide bonds. The summed E-state index contributed by atoms with van der Waals surface area (Å²) in [7, 11) is 0. The molecule has 0 aliphatic rings. The van der Waals surface area contributed by atoms with Crippen LogP contribution >= 0.6 is 0 Å². The number of pyridine rings is 1. The summed E-state index contributed by atoms with van der Waals surface area (Å²) in [6.45, 7) is 3.78. The fourth-order valence-electron chi connectivity index (χ4n) is 2.59. The Balaban J connectivity index is 1.92. The number of nitrogens with one attached hydrogen (secondary N) is 2. The summed E-state index contributed by atoms with van der Waals surface area (Å²) >= 11 is 0. The van der Waals surface area contributed by atoms with Crippen LogP contribution in [0.3, 0.4) is 0 Å². The Bertz CT molecular complexity index is 924. The Hall–Kier alpha value is -2.77. The molecule has 1 aromatic carbocycles. The first-order valence-corrected chi connectivity index (χ1v) is 8.12. The lowest BCUT2D eigenvalue weighted by Crippen LogP contribution is -2.25. The van der Waals surface area contributed by atoms with Gasteiger partial charge in [0.15, 0.2) is 0 Å². The van der Waals surface area contributed by atoms with E-state index in [1.54, 1.807) is 18.3 Å².